The summed E-state index contributed by atoms with van der Waals surface area (Å²) in [6.07, 6.45) is 1.71. The highest BCUT2D eigenvalue weighted by Gasteiger charge is 2.22. The third kappa shape index (κ3) is 1.97. The Balaban J connectivity index is 1.63. The Morgan fingerprint density at radius 3 is 2.47 bits per heavy atom. The summed E-state index contributed by atoms with van der Waals surface area (Å²) in [5.74, 6) is 0. The van der Waals surface area contributed by atoms with Crippen molar-refractivity contribution in [3.05, 3.63) is 97.2 Å². The molecular formula is C29H16N2S. The zero-order valence-electron chi connectivity index (χ0n) is 18.0. The Kier molecular flexibility index (Phi) is 2.88. The van der Waals surface area contributed by atoms with E-state index >= 15 is 0 Å². The van der Waals surface area contributed by atoms with Gasteiger partial charge in [0, 0.05) is 53.5 Å². The van der Waals surface area contributed by atoms with Crippen LogP contribution >= 0.6 is 11.3 Å². The molecular weight excluding hydrogens is 408 g/mol. The molecule has 3 heteroatoms. The van der Waals surface area contributed by atoms with Crippen LogP contribution in [0.15, 0.2) is 97.2 Å². The number of hydrogen-bond donors (Lipinski definition) is 0. The van der Waals surface area contributed by atoms with E-state index in [0.717, 1.165) is 11.3 Å². The normalized spacial score (nSPS) is 12.8. The van der Waals surface area contributed by atoms with Gasteiger partial charge in [0.2, 0.25) is 0 Å². The maximum atomic E-state index is 8.00. The standard InChI is InChI=1S/C29H16N2S/c1-3-10-23-18(7-1)28-27-19-8-2-4-11-25(19)32-26(27)16-21-20-15-17(22-9-5-6-14-30-22)12-13-24(20)31(23)29(21)28/h1-16H/i5D. The fraction of sp³-hybridized carbons (Fsp3) is 0. The molecule has 0 bridgehead atoms. The number of rotatable bonds is 1. The van der Waals surface area contributed by atoms with Crippen molar-refractivity contribution < 1.29 is 1.37 Å². The summed E-state index contributed by atoms with van der Waals surface area (Å²) in [5, 5.41) is 7.86. The number of pyridine rings is 1. The van der Waals surface area contributed by atoms with Crippen molar-refractivity contribution in [1.29, 1.82) is 0 Å². The maximum absolute atomic E-state index is 8.00. The van der Waals surface area contributed by atoms with E-state index < -0.39 is 0 Å². The first-order valence-corrected chi connectivity index (χ1v) is 11.5. The van der Waals surface area contributed by atoms with E-state index in [9.17, 15) is 0 Å². The highest BCUT2D eigenvalue weighted by atomic mass is 32.1. The van der Waals surface area contributed by atoms with E-state index in [4.69, 9.17) is 1.37 Å². The Hall–Kier alpha value is -3.95. The molecule has 0 amide bonds. The van der Waals surface area contributed by atoms with Crippen LogP contribution in [0.1, 0.15) is 1.37 Å². The zero-order valence-corrected chi connectivity index (χ0v) is 17.8. The highest BCUT2D eigenvalue weighted by molar-refractivity contribution is 7.26. The summed E-state index contributed by atoms with van der Waals surface area (Å²) in [6, 6.07) is 30.5. The first-order chi connectivity index (χ1) is 16.3. The zero-order chi connectivity index (χ0) is 21.7. The Bertz CT molecular complexity index is 2050. The third-order valence-electron chi connectivity index (χ3n) is 6.71. The molecule has 0 atom stereocenters. The predicted molar refractivity (Wildman–Crippen MR) is 137 cm³/mol. The first-order valence-electron chi connectivity index (χ1n) is 11.2. The van der Waals surface area contributed by atoms with Gasteiger partial charge in [0.05, 0.1) is 23.6 Å². The van der Waals surface area contributed by atoms with Gasteiger partial charge < -0.3 is 4.40 Å². The summed E-state index contributed by atoms with van der Waals surface area (Å²) in [6.45, 7) is 0. The van der Waals surface area contributed by atoms with Crippen LogP contribution in [-0.4, -0.2) is 9.38 Å². The van der Waals surface area contributed by atoms with Gasteiger partial charge in [0.15, 0.2) is 0 Å². The topological polar surface area (TPSA) is 17.3 Å². The Morgan fingerprint density at radius 1 is 0.688 bits per heavy atom. The molecule has 0 radical (unpaired) electrons. The second-order valence-corrected chi connectivity index (χ2v) is 9.43. The van der Waals surface area contributed by atoms with Crippen LogP contribution in [0, 0.1) is 0 Å². The molecule has 0 aliphatic rings. The minimum absolute atomic E-state index is 0.479. The lowest BCUT2D eigenvalue weighted by atomic mass is 10.0. The summed E-state index contributed by atoms with van der Waals surface area (Å²) in [5.41, 5.74) is 5.63. The van der Waals surface area contributed by atoms with Crippen LogP contribution in [0.5, 0.6) is 0 Å². The fourth-order valence-corrected chi connectivity index (χ4v) is 6.57. The van der Waals surface area contributed by atoms with Gasteiger partial charge in [-0.1, -0.05) is 48.5 Å². The van der Waals surface area contributed by atoms with Gasteiger partial charge in [-0.05, 0) is 42.5 Å². The number of thiophene rings is 1. The van der Waals surface area contributed by atoms with Gasteiger partial charge in [-0.25, -0.2) is 0 Å². The number of para-hydroxylation sites is 1. The summed E-state index contributed by atoms with van der Waals surface area (Å²) in [4.78, 5) is 4.52. The van der Waals surface area contributed by atoms with Crippen LogP contribution in [0.3, 0.4) is 0 Å². The lowest BCUT2D eigenvalue weighted by Gasteiger charge is -2.03. The van der Waals surface area contributed by atoms with Gasteiger partial charge in [-0.3, -0.25) is 4.98 Å². The van der Waals surface area contributed by atoms with Crippen LogP contribution in [0.25, 0.3) is 69.5 Å². The maximum Gasteiger partial charge on any atom is 0.0702 e. The number of hydrogen-bond acceptors (Lipinski definition) is 2. The molecule has 0 saturated carbocycles. The molecule has 0 saturated heterocycles. The van der Waals surface area contributed by atoms with Crippen LogP contribution < -0.4 is 0 Å². The number of benzene rings is 4. The summed E-state index contributed by atoms with van der Waals surface area (Å²) < 4.78 is 13.1. The quantitative estimate of drug-likeness (QED) is 0.259. The van der Waals surface area contributed by atoms with E-state index in [1.54, 1.807) is 12.3 Å². The lowest BCUT2D eigenvalue weighted by molar-refractivity contribution is 1.33. The van der Waals surface area contributed by atoms with Crippen LogP contribution in [0.4, 0.5) is 0 Å². The van der Waals surface area contributed by atoms with E-state index in [-0.39, 0.29) is 0 Å². The van der Waals surface area contributed by atoms with E-state index in [0.29, 0.717) is 6.04 Å². The van der Waals surface area contributed by atoms with Crippen molar-refractivity contribution in [2.24, 2.45) is 0 Å². The molecule has 32 heavy (non-hydrogen) atoms. The fourth-order valence-electron chi connectivity index (χ4n) is 5.42. The van der Waals surface area contributed by atoms with Crippen LogP contribution in [-0.2, 0) is 0 Å². The van der Waals surface area contributed by atoms with E-state index in [1.807, 2.05) is 17.4 Å². The number of aromatic nitrogens is 2. The largest absolute Gasteiger partial charge is 0.308 e. The monoisotopic (exact) mass is 425 g/mol. The first kappa shape index (κ1) is 15.8. The lowest BCUT2D eigenvalue weighted by Crippen LogP contribution is -1.83. The molecule has 4 heterocycles. The third-order valence-corrected chi connectivity index (χ3v) is 7.82. The summed E-state index contributed by atoms with van der Waals surface area (Å²) in [7, 11) is 0. The number of nitrogens with zero attached hydrogens (tertiary/aromatic N) is 2. The van der Waals surface area contributed by atoms with Crippen molar-refractivity contribution in [3.8, 4) is 11.3 Å². The molecule has 0 spiro atoms. The van der Waals surface area contributed by atoms with Gasteiger partial charge in [-0.15, -0.1) is 11.3 Å². The average Bonchev–Trinajstić information content (AvgIpc) is 3.49. The average molecular weight is 426 g/mol. The molecule has 4 aromatic carbocycles. The number of fused-ring (bicyclic) bond motifs is 10. The van der Waals surface area contributed by atoms with Gasteiger partial charge in [0.25, 0.3) is 0 Å². The van der Waals surface area contributed by atoms with Gasteiger partial charge >= 0.3 is 0 Å². The van der Waals surface area contributed by atoms with Crippen molar-refractivity contribution in [1.82, 2.24) is 9.38 Å². The van der Waals surface area contributed by atoms with Crippen molar-refractivity contribution in [2.45, 2.75) is 0 Å². The van der Waals surface area contributed by atoms with Crippen molar-refractivity contribution in [3.63, 3.8) is 0 Å². The van der Waals surface area contributed by atoms with E-state index in [1.165, 1.54) is 58.3 Å². The molecule has 2 nitrogen and oxygen atoms in total. The molecule has 0 N–H and O–H groups in total. The van der Waals surface area contributed by atoms with Gasteiger partial charge in [-0.2, -0.15) is 0 Å². The summed E-state index contributed by atoms with van der Waals surface area (Å²) >= 11 is 1.87. The molecule has 4 aromatic heterocycles. The van der Waals surface area contributed by atoms with E-state index in [2.05, 4.69) is 82.2 Å². The Labute approximate surface area is 188 Å². The van der Waals surface area contributed by atoms with Crippen molar-refractivity contribution in [2.75, 3.05) is 0 Å². The van der Waals surface area contributed by atoms with Crippen molar-refractivity contribution >= 4 is 69.6 Å². The SMILES string of the molecule is [2H]c1ccnc(-c2ccc3c(c2)c2cc4sc5ccccc5c4c4c5ccccc5n3c24)c1. The molecule has 0 unspecified atom stereocenters. The molecule has 0 fully saturated rings. The minimum Gasteiger partial charge on any atom is -0.308 e. The molecule has 0 aliphatic heterocycles. The highest BCUT2D eigenvalue weighted by Crippen LogP contribution is 2.47. The minimum atomic E-state index is 0.479. The second-order valence-electron chi connectivity index (χ2n) is 8.34. The van der Waals surface area contributed by atoms with Crippen LogP contribution in [0.2, 0.25) is 0 Å². The molecule has 8 rings (SSSR count). The molecule has 0 aliphatic carbocycles. The Morgan fingerprint density at radius 2 is 1.53 bits per heavy atom. The smallest absolute Gasteiger partial charge is 0.0702 e. The second kappa shape index (κ2) is 5.84. The molecule has 148 valence electrons. The molecule has 8 aromatic rings. The van der Waals surface area contributed by atoms with Gasteiger partial charge in [0.1, 0.15) is 0 Å². The predicted octanol–water partition coefficient (Wildman–Crippen LogP) is 8.27.